The fourth-order valence-corrected chi connectivity index (χ4v) is 4.52. The van der Waals surface area contributed by atoms with Crippen molar-refractivity contribution in [3.8, 4) is 0 Å². The summed E-state index contributed by atoms with van der Waals surface area (Å²) in [6, 6.07) is 16.7. The summed E-state index contributed by atoms with van der Waals surface area (Å²) in [6.07, 6.45) is 4.61. The molecule has 2 aliphatic rings. The van der Waals surface area contributed by atoms with Crippen molar-refractivity contribution in [2.45, 2.75) is 45.3 Å². The fourth-order valence-electron chi connectivity index (χ4n) is 4.52. The molecule has 0 N–H and O–H groups in total. The Kier molecular flexibility index (Phi) is 4.88. The molecule has 140 valence electrons. The van der Waals surface area contributed by atoms with Gasteiger partial charge in [0.15, 0.2) is 0 Å². The second kappa shape index (κ2) is 7.32. The van der Waals surface area contributed by atoms with Gasteiger partial charge in [0.05, 0.1) is 12.2 Å². The van der Waals surface area contributed by atoms with Gasteiger partial charge < -0.3 is 9.64 Å². The zero-order chi connectivity index (χ0) is 18.9. The molecule has 0 radical (unpaired) electrons. The van der Waals surface area contributed by atoms with E-state index in [4.69, 9.17) is 4.74 Å². The maximum Gasteiger partial charge on any atom is 0.254 e. The van der Waals surface area contributed by atoms with Crippen LogP contribution in [0.15, 0.2) is 54.6 Å². The minimum absolute atomic E-state index is 0.138. The average Bonchev–Trinajstić information content (AvgIpc) is 3.08. The van der Waals surface area contributed by atoms with Crippen molar-refractivity contribution < 1.29 is 9.53 Å². The summed E-state index contributed by atoms with van der Waals surface area (Å²) in [5.74, 6) is 0.138. The van der Waals surface area contributed by atoms with E-state index in [1.54, 1.807) is 0 Å². The maximum absolute atomic E-state index is 13.3. The van der Waals surface area contributed by atoms with Crippen molar-refractivity contribution in [3.63, 3.8) is 0 Å². The minimum atomic E-state index is -0.204. The highest BCUT2D eigenvalue weighted by Gasteiger charge is 2.43. The molecule has 2 aromatic rings. The summed E-state index contributed by atoms with van der Waals surface area (Å²) in [4.78, 5) is 15.3. The van der Waals surface area contributed by atoms with Crippen molar-refractivity contribution in [3.05, 3.63) is 76.9 Å². The van der Waals surface area contributed by atoms with Crippen LogP contribution in [0.2, 0.25) is 0 Å². The molecule has 2 aliphatic heterocycles. The number of hydrogen-bond donors (Lipinski definition) is 0. The number of carbonyl (C=O) groups excluding carboxylic acids is 1. The van der Waals surface area contributed by atoms with Gasteiger partial charge in [0, 0.05) is 18.7 Å². The molecule has 2 aromatic carbocycles. The maximum atomic E-state index is 13.3. The van der Waals surface area contributed by atoms with Gasteiger partial charge in [-0.25, -0.2) is 0 Å². The molecule has 1 spiro atoms. The molecule has 0 aromatic heterocycles. The molecular weight excluding hydrogens is 334 g/mol. The number of fused-ring (bicyclic) bond motifs is 2. The number of allylic oxidation sites excluding steroid dienone is 1. The fraction of sp³-hybridized carbons (Fsp3) is 0.375. The lowest BCUT2D eigenvalue weighted by molar-refractivity contribution is -0.132. The van der Waals surface area contributed by atoms with Crippen LogP contribution in [0, 0.1) is 0 Å². The number of ether oxygens (including phenoxy) is 1. The molecule has 2 heterocycles. The number of hydrogen-bond acceptors (Lipinski definition) is 2. The van der Waals surface area contributed by atoms with Crippen LogP contribution < -0.4 is 0 Å². The number of carbonyl (C=O) groups is 1. The van der Waals surface area contributed by atoms with Crippen molar-refractivity contribution >= 4 is 11.5 Å². The first-order chi connectivity index (χ1) is 13.2. The van der Waals surface area contributed by atoms with Crippen LogP contribution in [-0.2, 0) is 28.2 Å². The molecule has 3 heteroatoms. The van der Waals surface area contributed by atoms with Crippen molar-refractivity contribution in [2.24, 2.45) is 0 Å². The molecule has 1 amide bonds. The highest BCUT2D eigenvalue weighted by molar-refractivity contribution is 6.19. The van der Waals surface area contributed by atoms with E-state index in [1.165, 1.54) is 16.7 Å². The molecular formula is C24H27NO2. The monoisotopic (exact) mass is 361 g/mol. The predicted octanol–water partition coefficient (Wildman–Crippen LogP) is 4.70. The van der Waals surface area contributed by atoms with Crippen LogP contribution in [0.25, 0.3) is 5.57 Å². The van der Waals surface area contributed by atoms with Gasteiger partial charge in [-0.1, -0.05) is 61.5 Å². The molecule has 0 saturated carbocycles. The molecule has 27 heavy (non-hydrogen) atoms. The Morgan fingerprint density at radius 3 is 2.56 bits per heavy atom. The highest BCUT2D eigenvalue weighted by atomic mass is 16.5. The van der Waals surface area contributed by atoms with Crippen molar-refractivity contribution in [2.75, 3.05) is 13.1 Å². The van der Waals surface area contributed by atoms with E-state index in [-0.39, 0.29) is 11.5 Å². The van der Waals surface area contributed by atoms with Crippen LogP contribution in [0.1, 0.15) is 48.9 Å². The zero-order valence-corrected chi connectivity index (χ0v) is 16.2. The number of rotatable bonds is 3. The second-order valence-corrected chi connectivity index (χ2v) is 7.45. The van der Waals surface area contributed by atoms with Crippen LogP contribution in [0.4, 0.5) is 0 Å². The van der Waals surface area contributed by atoms with Crippen LogP contribution in [-0.4, -0.2) is 23.9 Å². The third-order valence-electron chi connectivity index (χ3n) is 6.08. The summed E-state index contributed by atoms with van der Waals surface area (Å²) in [5.41, 5.74) is 5.51. The Morgan fingerprint density at radius 1 is 1.11 bits per heavy atom. The molecule has 3 nitrogen and oxygen atoms in total. The quantitative estimate of drug-likeness (QED) is 0.742. The Labute approximate surface area is 161 Å². The van der Waals surface area contributed by atoms with Crippen molar-refractivity contribution in [1.29, 1.82) is 0 Å². The SMILES string of the molecule is C/C=C(/C(=O)N1CCC2(CC1)OCc1ccccc12)c1ccccc1CC. The van der Waals surface area contributed by atoms with Gasteiger partial charge in [-0.15, -0.1) is 0 Å². The first-order valence-electron chi connectivity index (χ1n) is 9.95. The first kappa shape index (κ1) is 18.0. The largest absolute Gasteiger partial charge is 0.365 e. The summed E-state index contributed by atoms with van der Waals surface area (Å²) in [6.45, 7) is 6.25. The molecule has 0 bridgehead atoms. The lowest BCUT2D eigenvalue weighted by Crippen LogP contribution is -2.45. The van der Waals surface area contributed by atoms with E-state index >= 15 is 0 Å². The molecule has 0 unspecified atom stereocenters. The van der Waals surface area contributed by atoms with Gasteiger partial charge >= 0.3 is 0 Å². The van der Waals surface area contributed by atoms with E-state index in [2.05, 4.69) is 43.3 Å². The number of nitrogens with zero attached hydrogens (tertiary/aromatic N) is 1. The summed E-state index contributed by atoms with van der Waals surface area (Å²) in [5, 5.41) is 0. The molecule has 0 aliphatic carbocycles. The third-order valence-corrected chi connectivity index (χ3v) is 6.08. The van der Waals surface area contributed by atoms with E-state index in [1.807, 2.05) is 30.0 Å². The number of aryl methyl sites for hydroxylation is 1. The van der Waals surface area contributed by atoms with Gasteiger partial charge in [-0.2, -0.15) is 0 Å². The molecule has 0 atom stereocenters. The van der Waals surface area contributed by atoms with E-state index in [9.17, 15) is 4.79 Å². The standard InChI is InChI=1S/C24H27NO2/c1-3-18-9-5-7-11-21(18)20(4-2)23(26)25-15-13-24(14-16-25)22-12-8-6-10-19(22)17-27-24/h4-12H,3,13-17H2,1-2H3/b20-4+. The van der Waals surface area contributed by atoms with Crippen molar-refractivity contribution in [1.82, 2.24) is 4.90 Å². The molecule has 4 rings (SSSR count). The summed E-state index contributed by atoms with van der Waals surface area (Å²) < 4.78 is 6.24. The lowest BCUT2D eigenvalue weighted by atomic mass is 9.83. The van der Waals surface area contributed by atoms with Crippen LogP contribution >= 0.6 is 0 Å². The predicted molar refractivity (Wildman–Crippen MR) is 108 cm³/mol. The summed E-state index contributed by atoms with van der Waals surface area (Å²) in [7, 11) is 0. The van der Waals surface area contributed by atoms with Gasteiger partial charge in [0.1, 0.15) is 0 Å². The van der Waals surface area contributed by atoms with Crippen LogP contribution in [0.3, 0.4) is 0 Å². The molecule has 1 fully saturated rings. The van der Waals surface area contributed by atoms with Gasteiger partial charge in [0.25, 0.3) is 5.91 Å². The Balaban J connectivity index is 1.52. The van der Waals surface area contributed by atoms with E-state index < -0.39 is 0 Å². The number of amides is 1. The number of benzene rings is 2. The van der Waals surface area contributed by atoms with Gasteiger partial charge in [-0.3, -0.25) is 4.79 Å². The zero-order valence-electron chi connectivity index (χ0n) is 16.2. The smallest absolute Gasteiger partial charge is 0.254 e. The van der Waals surface area contributed by atoms with Gasteiger partial charge in [0.2, 0.25) is 0 Å². The van der Waals surface area contributed by atoms with Crippen LogP contribution in [0.5, 0.6) is 0 Å². The Hall–Kier alpha value is -2.39. The summed E-state index contributed by atoms with van der Waals surface area (Å²) >= 11 is 0. The minimum Gasteiger partial charge on any atom is -0.365 e. The van der Waals surface area contributed by atoms with E-state index in [0.29, 0.717) is 6.61 Å². The number of likely N-dealkylation sites (tertiary alicyclic amines) is 1. The lowest BCUT2D eigenvalue weighted by Gasteiger charge is -2.39. The average molecular weight is 361 g/mol. The topological polar surface area (TPSA) is 29.5 Å². The third kappa shape index (κ3) is 3.10. The normalized spacial score (nSPS) is 18.6. The Bertz CT molecular complexity index is 875. The first-order valence-corrected chi connectivity index (χ1v) is 9.95. The highest BCUT2D eigenvalue weighted by Crippen LogP contribution is 2.44. The second-order valence-electron chi connectivity index (χ2n) is 7.45. The Morgan fingerprint density at radius 2 is 1.81 bits per heavy atom. The van der Waals surface area contributed by atoms with Gasteiger partial charge in [-0.05, 0) is 48.4 Å². The number of piperidine rings is 1. The molecule has 1 saturated heterocycles. The van der Waals surface area contributed by atoms with E-state index in [0.717, 1.165) is 43.5 Å².